The molecule has 0 saturated heterocycles. The Bertz CT molecular complexity index is 558. The van der Waals surface area contributed by atoms with Crippen molar-refractivity contribution in [2.24, 2.45) is 5.84 Å². The fraction of sp³-hybridized carbons (Fsp3) is 0.385. The van der Waals surface area contributed by atoms with Crippen LogP contribution in [0.1, 0.15) is 20.3 Å². The van der Waals surface area contributed by atoms with E-state index in [1.807, 2.05) is 31.2 Å². The van der Waals surface area contributed by atoms with Crippen LogP contribution in [0.4, 0.5) is 11.8 Å². The first kappa shape index (κ1) is 13.5. The largest absolute Gasteiger partial charge is 0.393 e. The van der Waals surface area contributed by atoms with Gasteiger partial charge in [-0.3, -0.25) is 5.43 Å². The minimum absolute atomic E-state index is 0.101. The number of fused-ring (bicyclic) bond motifs is 1. The Hall–Kier alpha value is -1.92. The van der Waals surface area contributed by atoms with Crippen molar-refractivity contribution in [2.75, 3.05) is 10.7 Å². The molecule has 0 spiro atoms. The first-order valence-electron chi connectivity index (χ1n) is 6.28. The average Bonchev–Trinajstić information content (AvgIpc) is 2.37. The van der Waals surface area contributed by atoms with E-state index in [4.69, 9.17) is 5.84 Å². The van der Waals surface area contributed by atoms with Gasteiger partial charge in [-0.05, 0) is 32.4 Å². The second kappa shape index (κ2) is 5.81. The topological polar surface area (TPSA) is 96.1 Å². The number of anilines is 2. The first-order chi connectivity index (χ1) is 9.10. The number of aromatic nitrogens is 2. The second-order valence-electron chi connectivity index (χ2n) is 4.69. The average molecular weight is 261 g/mol. The molecular weight excluding hydrogens is 242 g/mol. The highest BCUT2D eigenvalue weighted by Gasteiger charge is 2.11. The van der Waals surface area contributed by atoms with Crippen molar-refractivity contribution in [3.05, 3.63) is 24.3 Å². The molecular formula is C13H19N5O. The van der Waals surface area contributed by atoms with Crippen LogP contribution in [-0.2, 0) is 0 Å². The van der Waals surface area contributed by atoms with Gasteiger partial charge in [0.2, 0.25) is 5.95 Å². The number of hydrogen-bond acceptors (Lipinski definition) is 6. The minimum atomic E-state index is -0.359. The van der Waals surface area contributed by atoms with Gasteiger partial charge in [0.15, 0.2) is 0 Å². The van der Waals surface area contributed by atoms with Gasteiger partial charge in [0, 0.05) is 11.4 Å². The summed E-state index contributed by atoms with van der Waals surface area (Å²) in [5.41, 5.74) is 3.28. The van der Waals surface area contributed by atoms with E-state index in [-0.39, 0.29) is 12.1 Å². The first-order valence-corrected chi connectivity index (χ1v) is 6.28. The van der Waals surface area contributed by atoms with Gasteiger partial charge in [-0.25, -0.2) is 10.8 Å². The third kappa shape index (κ3) is 3.30. The predicted molar refractivity (Wildman–Crippen MR) is 76.7 cm³/mol. The quantitative estimate of drug-likeness (QED) is 0.481. The van der Waals surface area contributed by atoms with Crippen LogP contribution >= 0.6 is 0 Å². The Morgan fingerprint density at radius 3 is 2.68 bits per heavy atom. The second-order valence-corrected chi connectivity index (χ2v) is 4.69. The number of benzene rings is 1. The number of nitrogen functional groups attached to an aromatic ring is 1. The maximum absolute atomic E-state index is 9.41. The zero-order valence-electron chi connectivity index (χ0n) is 11.1. The molecule has 0 amide bonds. The lowest BCUT2D eigenvalue weighted by Crippen LogP contribution is -2.22. The molecule has 1 aromatic carbocycles. The van der Waals surface area contributed by atoms with Crippen LogP contribution < -0.4 is 16.6 Å². The molecule has 0 radical (unpaired) electrons. The van der Waals surface area contributed by atoms with Gasteiger partial charge < -0.3 is 10.4 Å². The minimum Gasteiger partial charge on any atom is -0.393 e. The van der Waals surface area contributed by atoms with Crippen molar-refractivity contribution >= 4 is 22.7 Å². The van der Waals surface area contributed by atoms with Crippen molar-refractivity contribution in [1.82, 2.24) is 9.97 Å². The molecule has 0 saturated carbocycles. The molecule has 1 aromatic heterocycles. The van der Waals surface area contributed by atoms with E-state index in [1.54, 1.807) is 6.92 Å². The van der Waals surface area contributed by atoms with Crippen molar-refractivity contribution in [2.45, 2.75) is 32.4 Å². The molecule has 2 rings (SSSR count). The van der Waals surface area contributed by atoms with Crippen molar-refractivity contribution in [1.29, 1.82) is 0 Å². The van der Waals surface area contributed by atoms with E-state index in [2.05, 4.69) is 20.7 Å². The van der Waals surface area contributed by atoms with Gasteiger partial charge in [-0.15, -0.1) is 0 Å². The van der Waals surface area contributed by atoms with Crippen LogP contribution in [0.2, 0.25) is 0 Å². The monoisotopic (exact) mass is 261 g/mol. The van der Waals surface area contributed by atoms with E-state index in [9.17, 15) is 5.11 Å². The molecule has 102 valence electrons. The number of nitrogens with one attached hydrogen (secondary N) is 2. The van der Waals surface area contributed by atoms with Crippen LogP contribution in [-0.4, -0.2) is 27.2 Å². The Kier molecular flexibility index (Phi) is 4.13. The lowest BCUT2D eigenvalue weighted by molar-refractivity contribution is 0.179. The molecule has 0 bridgehead atoms. The molecule has 2 atom stereocenters. The summed E-state index contributed by atoms with van der Waals surface area (Å²) in [7, 11) is 0. The van der Waals surface area contributed by atoms with Gasteiger partial charge >= 0.3 is 0 Å². The van der Waals surface area contributed by atoms with Crippen LogP contribution in [0.3, 0.4) is 0 Å². The van der Waals surface area contributed by atoms with Gasteiger partial charge in [-0.2, -0.15) is 4.98 Å². The summed E-state index contributed by atoms with van der Waals surface area (Å²) in [4.78, 5) is 8.61. The van der Waals surface area contributed by atoms with E-state index in [0.29, 0.717) is 18.2 Å². The van der Waals surface area contributed by atoms with Crippen LogP contribution in [0.5, 0.6) is 0 Å². The van der Waals surface area contributed by atoms with Gasteiger partial charge in [0.1, 0.15) is 5.82 Å². The Morgan fingerprint density at radius 2 is 2.00 bits per heavy atom. The Morgan fingerprint density at radius 1 is 1.26 bits per heavy atom. The number of hydrogen-bond donors (Lipinski definition) is 4. The zero-order chi connectivity index (χ0) is 13.8. The number of aliphatic hydroxyl groups excluding tert-OH is 1. The summed E-state index contributed by atoms with van der Waals surface area (Å²) in [5.74, 6) is 6.46. The summed E-state index contributed by atoms with van der Waals surface area (Å²) < 4.78 is 0. The number of para-hydroxylation sites is 1. The fourth-order valence-corrected chi connectivity index (χ4v) is 2.06. The number of hydrazine groups is 1. The number of nitrogens with two attached hydrogens (primary N) is 1. The predicted octanol–water partition coefficient (Wildman–Crippen LogP) is 1.49. The molecule has 0 aliphatic carbocycles. The number of nitrogens with zero attached hydrogens (tertiary/aromatic N) is 2. The van der Waals surface area contributed by atoms with Gasteiger partial charge in [0.25, 0.3) is 0 Å². The highest BCUT2D eigenvalue weighted by molar-refractivity contribution is 5.90. The lowest BCUT2D eigenvalue weighted by Gasteiger charge is -2.17. The SMILES string of the molecule is CC(O)CC(C)Nc1nc(NN)nc2ccccc12. The maximum atomic E-state index is 9.41. The summed E-state index contributed by atoms with van der Waals surface area (Å²) in [6.45, 7) is 3.77. The lowest BCUT2D eigenvalue weighted by atomic mass is 10.1. The van der Waals surface area contributed by atoms with E-state index >= 15 is 0 Å². The third-order valence-electron chi connectivity index (χ3n) is 2.81. The van der Waals surface area contributed by atoms with Gasteiger partial charge in [0.05, 0.1) is 11.6 Å². The van der Waals surface area contributed by atoms with Crippen molar-refractivity contribution in [3.8, 4) is 0 Å². The molecule has 0 fully saturated rings. The van der Waals surface area contributed by atoms with Crippen molar-refractivity contribution < 1.29 is 5.11 Å². The highest BCUT2D eigenvalue weighted by Crippen LogP contribution is 2.22. The smallest absolute Gasteiger partial charge is 0.239 e. The summed E-state index contributed by atoms with van der Waals surface area (Å²) >= 11 is 0. The number of rotatable bonds is 5. The molecule has 19 heavy (non-hydrogen) atoms. The zero-order valence-corrected chi connectivity index (χ0v) is 11.1. The molecule has 6 nitrogen and oxygen atoms in total. The summed E-state index contributed by atoms with van der Waals surface area (Å²) in [6, 6.07) is 7.81. The molecule has 6 heteroatoms. The maximum Gasteiger partial charge on any atom is 0.239 e. The van der Waals surface area contributed by atoms with Crippen LogP contribution in [0, 0.1) is 0 Å². The van der Waals surface area contributed by atoms with Gasteiger partial charge in [-0.1, -0.05) is 12.1 Å². The third-order valence-corrected chi connectivity index (χ3v) is 2.81. The Balaban J connectivity index is 2.35. The Labute approximate surface area is 112 Å². The summed E-state index contributed by atoms with van der Waals surface area (Å²) in [5, 5.41) is 13.6. The molecule has 1 heterocycles. The molecule has 2 unspecified atom stereocenters. The highest BCUT2D eigenvalue weighted by atomic mass is 16.3. The van der Waals surface area contributed by atoms with E-state index < -0.39 is 0 Å². The molecule has 0 aliphatic rings. The summed E-state index contributed by atoms with van der Waals surface area (Å²) in [6.07, 6.45) is 0.284. The van der Waals surface area contributed by atoms with E-state index in [1.165, 1.54) is 0 Å². The fourth-order valence-electron chi connectivity index (χ4n) is 2.06. The molecule has 2 aromatic rings. The number of aliphatic hydroxyl groups is 1. The van der Waals surface area contributed by atoms with Crippen molar-refractivity contribution in [3.63, 3.8) is 0 Å². The van der Waals surface area contributed by atoms with Crippen LogP contribution in [0.25, 0.3) is 10.9 Å². The van der Waals surface area contributed by atoms with E-state index in [0.717, 1.165) is 10.9 Å². The standard InChI is InChI=1S/C13H19N5O/c1-8(7-9(2)19)15-12-10-5-3-4-6-11(10)16-13(17-12)18-14/h3-6,8-9,19H,7,14H2,1-2H3,(H2,15,16,17,18). The molecule has 5 N–H and O–H groups in total. The normalized spacial score (nSPS) is 14.1. The van der Waals surface area contributed by atoms with Crippen LogP contribution in [0.15, 0.2) is 24.3 Å². The molecule has 0 aliphatic heterocycles.